The molecule has 0 bridgehead atoms. The van der Waals surface area contributed by atoms with Gasteiger partial charge in [-0.05, 0) is 66.0 Å². The van der Waals surface area contributed by atoms with E-state index < -0.39 is 0 Å². The lowest BCUT2D eigenvalue weighted by atomic mass is 10.0. The first-order chi connectivity index (χ1) is 31.2. The number of ether oxygens (including phenoxy) is 1. The van der Waals surface area contributed by atoms with Gasteiger partial charge >= 0.3 is 0 Å². The van der Waals surface area contributed by atoms with E-state index in [4.69, 9.17) is 36.4 Å². The minimum absolute atomic E-state index is 0.0856. The van der Waals surface area contributed by atoms with Gasteiger partial charge < -0.3 is 4.74 Å². The number of quaternary nitrogens is 2. The minimum atomic E-state index is -0.105. The average Bonchev–Trinajstić information content (AvgIpc) is 4.00. The summed E-state index contributed by atoms with van der Waals surface area (Å²) < 4.78 is 6.27. The molecule has 14 heteroatoms. The average molecular weight is 855 g/mol. The van der Waals surface area contributed by atoms with Crippen molar-refractivity contribution >= 4 is 68.6 Å². The number of hydrogen-bond donors (Lipinski definition) is 2. The Balaban J connectivity index is 0.969. The summed E-state index contributed by atoms with van der Waals surface area (Å²) in [5.41, 5.74) is 11.1. The number of hydrogen-bond acceptors (Lipinski definition) is 12. The number of thiophene rings is 1. The van der Waals surface area contributed by atoms with Gasteiger partial charge in [0.25, 0.3) is 11.7 Å². The lowest BCUT2D eigenvalue weighted by Gasteiger charge is -2.34. The number of hydrazine groups is 1. The van der Waals surface area contributed by atoms with Crippen LogP contribution in [0.5, 0.6) is 11.6 Å². The molecule has 3 aromatic carbocycles. The number of rotatable bonds is 10. The van der Waals surface area contributed by atoms with E-state index in [0.29, 0.717) is 28.8 Å². The maximum absolute atomic E-state index is 7.14. The number of aliphatic imine (C=N–C) groups is 4. The third kappa shape index (κ3) is 5.86. The van der Waals surface area contributed by atoms with Crippen molar-refractivity contribution in [1.29, 1.82) is 0 Å². The van der Waals surface area contributed by atoms with E-state index in [2.05, 4.69) is 74.9 Å². The summed E-state index contributed by atoms with van der Waals surface area (Å²) in [6.45, 7) is 0. The highest BCUT2D eigenvalue weighted by Gasteiger charge is 2.46. The van der Waals surface area contributed by atoms with Crippen molar-refractivity contribution in [3.8, 4) is 22.2 Å². The first-order valence-electron chi connectivity index (χ1n) is 20.6. The standard InChI is InChI=1S/C50H38N12OS/c1-59(41-27-40(45-15-8-24-64-45)55-38-25-33(16-18-36(38)41)49-57-47(31-9-6-10-31)43-29-53-20-22-61(43,49)51)60(2)42-28-46(63-35-13-4-3-5-14-35)56-39-26-34(17-19-37(39)42)50-58-48(32-11-7-12-32)44-30-54-21-23-62(44,50)52/h3-30H,51-52H2,1-2H3/q+2. The van der Waals surface area contributed by atoms with Crippen LogP contribution in [0.1, 0.15) is 11.1 Å². The van der Waals surface area contributed by atoms with Gasteiger partial charge in [0.05, 0.1) is 68.9 Å². The van der Waals surface area contributed by atoms with Crippen molar-refractivity contribution in [3.05, 3.63) is 203 Å². The van der Waals surface area contributed by atoms with E-state index in [1.807, 2.05) is 104 Å². The van der Waals surface area contributed by atoms with Crippen molar-refractivity contribution in [2.24, 2.45) is 31.7 Å². The minimum Gasteiger partial charge on any atom is -0.439 e. The van der Waals surface area contributed by atoms with Crippen molar-refractivity contribution in [2.75, 3.05) is 24.1 Å². The van der Waals surface area contributed by atoms with Crippen molar-refractivity contribution in [1.82, 2.24) is 9.97 Å². The van der Waals surface area contributed by atoms with Crippen LogP contribution in [0.4, 0.5) is 11.4 Å². The second-order valence-electron chi connectivity index (χ2n) is 15.9. The zero-order valence-corrected chi connectivity index (χ0v) is 35.4. The largest absolute Gasteiger partial charge is 0.439 e. The van der Waals surface area contributed by atoms with E-state index in [1.54, 1.807) is 36.2 Å². The predicted octanol–water partition coefficient (Wildman–Crippen LogP) is 9.22. The van der Waals surface area contributed by atoms with Crippen LogP contribution in [0.3, 0.4) is 0 Å². The molecule has 64 heavy (non-hydrogen) atoms. The number of benzene rings is 3. The Labute approximate surface area is 371 Å². The second-order valence-corrected chi connectivity index (χ2v) is 16.9. The van der Waals surface area contributed by atoms with Gasteiger partial charge in [-0.1, -0.05) is 60.7 Å². The van der Waals surface area contributed by atoms with Gasteiger partial charge in [0.15, 0.2) is 0 Å². The van der Waals surface area contributed by atoms with E-state index in [-0.39, 0.29) is 9.18 Å². The van der Waals surface area contributed by atoms with Crippen LogP contribution in [-0.2, 0) is 0 Å². The number of fused-ring (bicyclic) bond motifs is 4. The third-order valence-electron chi connectivity index (χ3n) is 12.2. The number of aromatic nitrogens is 2. The maximum atomic E-state index is 7.14. The number of anilines is 2. The number of amidine groups is 2. The number of para-hydroxylation sites is 1. The molecule has 12 rings (SSSR count). The number of nitrogens with two attached hydrogens (primary N) is 2. The monoisotopic (exact) mass is 854 g/mol. The highest BCUT2D eigenvalue weighted by molar-refractivity contribution is 7.13. The molecule has 0 amide bonds. The molecule has 6 aromatic rings. The van der Waals surface area contributed by atoms with Crippen LogP contribution in [0.25, 0.3) is 32.4 Å². The SMILES string of the molecule is CN(c1cc(Oc2ccccc2)nc2cc(C3=NC(C4=CC=C4)=C4C=NC=C[N+]34N)ccc12)N(C)c1cc(-c2cccs2)nc2cc(C3=NC(C4=CC=C4)=C4C=NC=C[N+]34N)ccc12. The van der Waals surface area contributed by atoms with Gasteiger partial charge in [0.1, 0.15) is 29.5 Å². The highest BCUT2D eigenvalue weighted by atomic mass is 32.1. The first kappa shape index (κ1) is 37.8. The molecule has 0 fully saturated rings. The second kappa shape index (κ2) is 14.3. The van der Waals surface area contributed by atoms with Crippen LogP contribution in [0.15, 0.2) is 212 Å². The quantitative estimate of drug-likeness (QED) is 0.0795. The molecule has 4 N–H and O–H groups in total. The van der Waals surface area contributed by atoms with Crippen LogP contribution >= 0.6 is 11.3 Å². The maximum Gasteiger partial charge on any atom is 0.265 e. The first-order valence-corrected chi connectivity index (χ1v) is 21.5. The third-order valence-corrected chi connectivity index (χ3v) is 13.1. The number of pyridine rings is 2. The van der Waals surface area contributed by atoms with Gasteiger partial charge in [-0.25, -0.2) is 9.97 Å². The summed E-state index contributed by atoms with van der Waals surface area (Å²) in [5.74, 6) is 16.7. The Hall–Kier alpha value is -7.98. The van der Waals surface area contributed by atoms with Gasteiger partial charge in [-0.3, -0.25) is 20.0 Å². The summed E-state index contributed by atoms with van der Waals surface area (Å²) in [7, 11) is 4.10. The summed E-state index contributed by atoms with van der Waals surface area (Å²) in [6, 6.07) is 30.3. The molecule has 308 valence electrons. The Bertz CT molecular complexity index is 3420. The molecular weight excluding hydrogens is 817 g/mol. The Kier molecular flexibility index (Phi) is 8.43. The van der Waals surface area contributed by atoms with Gasteiger partial charge in [-0.2, -0.15) is 21.7 Å². The summed E-state index contributed by atoms with van der Waals surface area (Å²) >= 11 is 1.65. The molecule has 2 atom stereocenters. The molecule has 0 spiro atoms. The molecular formula is C50H38N12OS+2. The molecule has 0 saturated carbocycles. The van der Waals surface area contributed by atoms with Crippen molar-refractivity contribution < 1.29 is 13.9 Å². The molecule has 0 saturated heterocycles. The molecule has 2 aliphatic carbocycles. The summed E-state index contributed by atoms with van der Waals surface area (Å²) in [5, 5.41) is 8.17. The molecule has 3 aromatic heterocycles. The number of nitrogens with zero attached hydrogens (tertiary/aromatic N) is 10. The molecule has 13 nitrogen and oxygen atoms in total. The fourth-order valence-corrected chi connectivity index (χ4v) is 9.31. The number of allylic oxidation sites excluding steroid dienone is 8. The Morgan fingerprint density at radius 3 is 1.72 bits per heavy atom. The zero-order valence-electron chi connectivity index (χ0n) is 34.6. The summed E-state index contributed by atoms with van der Waals surface area (Å²) in [4.78, 5) is 30.4. The molecule has 7 heterocycles. The summed E-state index contributed by atoms with van der Waals surface area (Å²) in [6.07, 6.45) is 22.9. The Morgan fingerprint density at radius 2 is 1.19 bits per heavy atom. The molecule has 4 aliphatic heterocycles. The fraction of sp³-hybridized carbons (Fsp3) is 0.0400. The van der Waals surface area contributed by atoms with E-state index in [1.165, 1.54) is 0 Å². The van der Waals surface area contributed by atoms with E-state index >= 15 is 0 Å². The van der Waals surface area contributed by atoms with Gasteiger partial charge in [0.2, 0.25) is 17.3 Å². The van der Waals surface area contributed by atoms with E-state index in [9.17, 15) is 0 Å². The van der Waals surface area contributed by atoms with Crippen molar-refractivity contribution in [3.63, 3.8) is 0 Å². The topological polar surface area (TPSA) is 143 Å². The van der Waals surface area contributed by atoms with Crippen molar-refractivity contribution in [2.45, 2.75) is 0 Å². The van der Waals surface area contributed by atoms with E-state index in [0.717, 1.165) is 83.3 Å². The smallest absolute Gasteiger partial charge is 0.265 e. The molecule has 2 unspecified atom stereocenters. The van der Waals surface area contributed by atoms with Crippen LogP contribution in [-0.4, -0.2) is 57.3 Å². The van der Waals surface area contributed by atoms with Crippen LogP contribution in [0.2, 0.25) is 0 Å². The molecule has 6 aliphatic rings. The molecule has 0 radical (unpaired) electrons. The van der Waals surface area contributed by atoms with Crippen LogP contribution in [0, 0.1) is 0 Å². The predicted molar refractivity (Wildman–Crippen MR) is 256 cm³/mol. The van der Waals surface area contributed by atoms with Gasteiger partial charge in [-0.15, -0.1) is 20.5 Å². The van der Waals surface area contributed by atoms with Gasteiger partial charge in [0, 0.05) is 42.1 Å². The fourth-order valence-electron chi connectivity index (χ4n) is 8.63. The lowest BCUT2D eigenvalue weighted by molar-refractivity contribution is -0.750. The Morgan fingerprint density at radius 1 is 0.625 bits per heavy atom. The highest BCUT2D eigenvalue weighted by Crippen LogP contribution is 2.42. The normalized spacial score (nSPS) is 21.1. The van der Waals surface area contributed by atoms with Crippen LogP contribution < -0.4 is 26.4 Å². The zero-order chi connectivity index (χ0) is 43.2. The lowest BCUT2D eigenvalue weighted by Crippen LogP contribution is -2.53.